The topological polar surface area (TPSA) is 16.4 Å². The molecule has 0 radical (unpaired) electrons. The first-order valence-corrected chi connectivity index (χ1v) is 21.1. The molecule has 1 aromatic heterocycles. The van der Waals surface area contributed by atoms with E-state index in [-0.39, 0.29) is 0 Å². The Labute approximate surface area is 354 Å². The van der Waals surface area contributed by atoms with E-state index in [4.69, 9.17) is 4.42 Å². The van der Waals surface area contributed by atoms with Crippen LogP contribution in [0.5, 0.6) is 0 Å². The number of para-hydroxylation sites is 1. The summed E-state index contributed by atoms with van der Waals surface area (Å²) < 4.78 is 7.04. The normalized spacial score (nSPS) is 13.0. The van der Waals surface area contributed by atoms with Gasteiger partial charge in [-0.25, -0.2) is 0 Å². The maximum absolute atomic E-state index is 7.04. The maximum Gasteiger partial charge on any atom is 0.159 e. The van der Waals surface area contributed by atoms with Crippen LogP contribution in [-0.2, 0) is 5.41 Å². The van der Waals surface area contributed by atoms with Crippen molar-refractivity contribution in [1.82, 2.24) is 0 Å². The average Bonchev–Trinajstić information content (AvgIpc) is 3.97. The highest BCUT2D eigenvalue weighted by molar-refractivity contribution is 6.16. The molecule has 0 atom stereocenters. The van der Waals surface area contributed by atoms with Crippen molar-refractivity contribution in [2.45, 2.75) is 5.41 Å². The van der Waals surface area contributed by atoms with Gasteiger partial charge in [-0.15, -0.1) is 0 Å². The predicted octanol–water partition coefficient (Wildman–Crippen LogP) is 15.9. The van der Waals surface area contributed by atoms with Crippen molar-refractivity contribution in [2.75, 3.05) is 4.90 Å². The minimum Gasteiger partial charge on any atom is -0.454 e. The minimum atomic E-state index is -0.462. The first-order valence-electron chi connectivity index (χ1n) is 21.1. The summed E-state index contributed by atoms with van der Waals surface area (Å²) in [5, 5.41) is 4.69. The Bertz CT molecular complexity index is 3490. The number of anilines is 3. The molecule has 61 heavy (non-hydrogen) atoms. The summed E-state index contributed by atoms with van der Waals surface area (Å²) in [6.07, 6.45) is 0. The van der Waals surface area contributed by atoms with Crippen LogP contribution in [0, 0.1) is 0 Å². The van der Waals surface area contributed by atoms with Crippen LogP contribution in [0.3, 0.4) is 0 Å². The predicted molar refractivity (Wildman–Crippen MR) is 253 cm³/mol. The Hall–Kier alpha value is -7.94. The van der Waals surface area contributed by atoms with E-state index in [2.05, 4.69) is 229 Å². The fraction of sp³-hybridized carbons (Fsp3) is 0.0169. The zero-order valence-corrected chi connectivity index (χ0v) is 33.2. The van der Waals surface area contributed by atoms with Crippen LogP contribution < -0.4 is 4.90 Å². The first-order chi connectivity index (χ1) is 30.3. The Morgan fingerprint density at radius 3 is 1.70 bits per heavy atom. The van der Waals surface area contributed by atoms with E-state index in [9.17, 15) is 0 Å². The molecule has 2 aliphatic rings. The Morgan fingerprint density at radius 1 is 0.361 bits per heavy atom. The van der Waals surface area contributed by atoms with E-state index >= 15 is 0 Å². The van der Waals surface area contributed by atoms with Crippen molar-refractivity contribution in [3.63, 3.8) is 0 Å². The molecule has 0 N–H and O–H groups in total. The van der Waals surface area contributed by atoms with E-state index < -0.39 is 5.41 Å². The van der Waals surface area contributed by atoms with Crippen LogP contribution in [-0.4, -0.2) is 0 Å². The van der Waals surface area contributed by atoms with Gasteiger partial charge in [0.1, 0.15) is 5.58 Å². The maximum atomic E-state index is 7.04. The second-order valence-corrected chi connectivity index (χ2v) is 16.3. The molecule has 0 bridgehead atoms. The molecule has 13 rings (SSSR count). The van der Waals surface area contributed by atoms with E-state index in [1.54, 1.807) is 0 Å². The molecule has 2 heteroatoms. The van der Waals surface area contributed by atoms with Gasteiger partial charge >= 0.3 is 0 Å². The number of benzene rings is 10. The lowest BCUT2D eigenvalue weighted by atomic mass is 9.70. The van der Waals surface area contributed by atoms with Gasteiger partial charge in [0.2, 0.25) is 0 Å². The van der Waals surface area contributed by atoms with Crippen LogP contribution in [0.1, 0.15) is 22.3 Å². The fourth-order valence-electron chi connectivity index (χ4n) is 10.8. The summed E-state index contributed by atoms with van der Waals surface area (Å²) in [7, 11) is 0. The molecule has 0 saturated heterocycles. The quantitative estimate of drug-likeness (QED) is 0.173. The SMILES string of the molecule is c1ccc(-c2cccc3oc4c(N(c5ccc(-c6ccc7ccccc7c6)cc5)c5cccc6c5-c5ccccc5C65c6ccccc6-c6ccccc65)cccc4c23)cc1. The van der Waals surface area contributed by atoms with Crippen LogP contribution in [0.4, 0.5) is 17.1 Å². The molecule has 1 heterocycles. The Kier molecular flexibility index (Phi) is 7.26. The first kappa shape index (κ1) is 34.0. The molecular weight excluding hydrogens is 739 g/mol. The summed E-state index contributed by atoms with van der Waals surface area (Å²) >= 11 is 0. The van der Waals surface area contributed by atoms with Crippen molar-refractivity contribution in [1.29, 1.82) is 0 Å². The van der Waals surface area contributed by atoms with Crippen LogP contribution in [0.15, 0.2) is 229 Å². The van der Waals surface area contributed by atoms with Crippen LogP contribution in [0.2, 0.25) is 0 Å². The van der Waals surface area contributed by atoms with Gasteiger partial charge in [-0.1, -0.05) is 188 Å². The standard InChI is InChI=1S/C59H37NO/c1-2-16-40(17-3-1)44-22-13-30-55-56(44)48-23-12-29-54(58(48)61-55)60(43-35-33-39(34-36-43)42-32-31-38-15-4-5-18-41(38)37-42)53-28-14-27-52-57(53)47-21-8-11-26-51(47)59(52)49-24-9-6-19-45(49)46-20-7-10-25-50(46)59/h1-37H. The smallest absolute Gasteiger partial charge is 0.159 e. The third kappa shape index (κ3) is 4.79. The van der Waals surface area contributed by atoms with Crippen LogP contribution in [0.25, 0.3) is 77.2 Å². The molecule has 0 fully saturated rings. The number of hydrogen-bond acceptors (Lipinski definition) is 2. The number of rotatable bonds is 5. The summed E-state index contributed by atoms with van der Waals surface area (Å²) in [6, 6.07) is 82.1. The molecule has 0 aliphatic heterocycles. The van der Waals surface area contributed by atoms with Crippen molar-refractivity contribution < 1.29 is 4.42 Å². The second-order valence-electron chi connectivity index (χ2n) is 16.3. The highest BCUT2D eigenvalue weighted by atomic mass is 16.3. The molecule has 0 unspecified atom stereocenters. The van der Waals surface area contributed by atoms with E-state index in [1.807, 2.05) is 0 Å². The second kappa shape index (κ2) is 13.0. The van der Waals surface area contributed by atoms with Gasteiger partial charge < -0.3 is 9.32 Å². The van der Waals surface area contributed by atoms with Gasteiger partial charge in [-0.3, -0.25) is 0 Å². The fourth-order valence-corrected chi connectivity index (χ4v) is 10.8. The summed E-state index contributed by atoms with van der Waals surface area (Å²) in [5.41, 5.74) is 19.5. The zero-order valence-electron chi connectivity index (χ0n) is 33.2. The van der Waals surface area contributed by atoms with Crippen molar-refractivity contribution in [3.05, 3.63) is 247 Å². The lowest BCUT2D eigenvalue weighted by Crippen LogP contribution is -2.26. The van der Waals surface area contributed by atoms with E-state index in [0.717, 1.165) is 44.6 Å². The number of hydrogen-bond donors (Lipinski definition) is 0. The highest BCUT2D eigenvalue weighted by Crippen LogP contribution is 2.64. The largest absolute Gasteiger partial charge is 0.454 e. The van der Waals surface area contributed by atoms with Gasteiger partial charge in [-0.2, -0.15) is 0 Å². The van der Waals surface area contributed by atoms with Crippen molar-refractivity contribution in [3.8, 4) is 44.5 Å². The monoisotopic (exact) mass is 775 g/mol. The molecule has 2 aliphatic carbocycles. The number of nitrogens with zero attached hydrogens (tertiary/aromatic N) is 1. The lowest BCUT2D eigenvalue weighted by Gasteiger charge is -2.31. The Balaban J connectivity index is 1.08. The zero-order chi connectivity index (χ0) is 40.1. The molecule has 10 aromatic carbocycles. The molecule has 284 valence electrons. The van der Waals surface area contributed by atoms with Crippen LogP contribution >= 0.6 is 0 Å². The number of furan rings is 1. The van der Waals surface area contributed by atoms with Gasteiger partial charge in [0.25, 0.3) is 0 Å². The lowest BCUT2D eigenvalue weighted by molar-refractivity contribution is 0.669. The third-order valence-electron chi connectivity index (χ3n) is 13.3. The van der Waals surface area contributed by atoms with Crippen molar-refractivity contribution in [2.24, 2.45) is 0 Å². The van der Waals surface area contributed by atoms with Crippen molar-refractivity contribution >= 4 is 49.8 Å². The highest BCUT2D eigenvalue weighted by Gasteiger charge is 2.52. The molecule has 0 saturated carbocycles. The van der Waals surface area contributed by atoms with Gasteiger partial charge in [0.15, 0.2) is 5.58 Å². The molecule has 11 aromatic rings. The summed E-state index contributed by atoms with van der Waals surface area (Å²) in [4.78, 5) is 2.44. The molecule has 0 amide bonds. The van der Waals surface area contributed by atoms with E-state index in [1.165, 1.54) is 72.0 Å². The summed E-state index contributed by atoms with van der Waals surface area (Å²) in [5.74, 6) is 0. The summed E-state index contributed by atoms with van der Waals surface area (Å²) in [6.45, 7) is 0. The molecule has 2 nitrogen and oxygen atoms in total. The molecule has 1 spiro atoms. The number of fused-ring (bicyclic) bond motifs is 14. The van der Waals surface area contributed by atoms with Gasteiger partial charge in [0.05, 0.1) is 16.8 Å². The average molecular weight is 776 g/mol. The molecular formula is C59H37NO. The Morgan fingerprint density at radius 2 is 0.934 bits per heavy atom. The van der Waals surface area contributed by atoms with Gasteiger partial charge in [-0.05, 0) is 108 Å². The third-order valence-corrected chi connectivity index (χ3v) is 13.3. The van der Waals surface area contributed by atoms with E-state index in [0.29, 0.717) is 0 Å². The minimum absolute atomic E-state index is 0.462. The van der Waals surface area contributed by atoms with Gasteiger partial charge in [0, 0.05) is 22.0 Å².